The number of carbonyl (C=O) groups excluding carboxylic acids is 2. The molecule has 188 valence electrons. The fourth-order valence-electron chi connectivity index (χ4n) is 4.11. The van der Waals surface area contributed by atoms with Crippen LogP contribution in [0.1, 0.15) is 42.7 Å². The fraction of sp³-hybridized carbons (Fsp3) is 0.400. The Hall–Kier alpha value is -3.40. The number of carboxylic acids is 1. The first-order valence-corrected chi connectivity index (χ1v) is 13.5. The number of alkyl carbamates (subject to hydrolysis) is 1. The van der Waals surface area contributed by atoms with Gasteiger partial charge in [0.05, 0.1) is 5.75 Å². The van der Waals surface area contributed by atoms with Crippen molar-refractivity contribution in [1.82, 2.24) is 10.6 Å². The van der Waals surface area contributed by atoms with Crippen molar-refractivity contribution in [1.29, 1.82) is 0 Å². The van der Waals surface area contributed by atoms with E-state index in [0.29, 0.717) is 19.4 Å². The largest absolute Gasteiger partial charge is 0.480 e. The van der Waals surface area contributed by atoms with Gasteiger partial charge in [-0.15, -0.1) is 0 Å². The molecule has 0 saturated heterocycles. The summed E-state index contributed by atoms with van der Waals surface area (Å²) in [6.45, 7) is 0.521. The van der Waals surface area contributed by atoms with Crippen molar-refractivity contribution in [2.75, 3.05) is 25.2 Å². The number of carboxylic acid groups (broad SMARTS) is 1. The van der Waals surface area contributed by atoms with Crippen LogP contribution in [0.2, 0.25) is 0 Å². The number of aliphatic carboxylic acids is 1. The monoisotopic (exact) mass is 502 g/mol. The van der Waals surface area contributed by atoms with Gasteiger partial charge >= 0.3 is 12.1 Å². The Kier molecular flexibility index (Phi) is 8.86. The lowest BCUT2D eigenvalue weighted by Crippen LogP contribution is -2.41. The van der Waals surface area contributed by atoms with Gasteiger partial charge in [-0.05, 0) is 41.5 Å². The average molecular weight is 503 g/mol. The molecule has 1 atom stereocenters. The molecular weight excluding hydrogens is 472 g/mol. The number of hydrogen-bond acceptors (Lipinski definition) is 6. The van der Waals surface area contributed by atoms with Gasteiger partial charge in [-0.1, -0.05) is 48.5 Å². The van der Waals surface area contributed by atoms with Crippen LogP contribution in [0.5, 0.6) is 0 Å². The maximum atomic E-state index is 12.2. The van der Waals surface area contributed by atoms with Crippen LogP contribution in [0.3, 0.4) is 0 Å². The number of ether oxygens (including phenoxy) is 1. The maximum Gasteiger partial charge on any atom is 0.407 e. The molecule has 0 bridgehead atoms. The molecular formula is C25H30N2O7S. The molecule has 0 aromatic heterocycles. The van der Waals surface area contributed by atoms with Gasteiger partial charge in [-0.2, -0.15) is 0 Å². The van der Waals surface area contributed by atoms with Gasteiger partial charge < -0.3 is 20.5 Å². The molecule has 0 aliphatic heterocycles. The van der Waals surface area contributed by atoms with Crippen molar-refractivity contribution in [2.24, 2.45) is 0 Å². The minimum Gasteiger partial charge on any atom is -0.480 e. The number of fused-ring (bicyclic) bond motifs is 3. The molecule has 3 N–H and O–H groups in total. The third-order valence-electron chi connectivity index (χ3n) is 5.85. The van der Waals surface area contributed by atoms with Crippen LogP contribution in [0.4, 0.5) is 4.79 Å². The molecule has 0 radical (unpaired) electrons. The zero-order valence-corrected chi connectivity index (χ0v) is 20.3. The third kappa shape index (κ3) is 7.54. The zero-order valence-electron chi connectivity index (χ0n) is 19.5. The molecule has 3 rings (SSSR count). The Morgan fingerprint density at radius 3 is 2.17 bits per heavy atom. The highest BCUT2D eigenvalue weighted by Crippen LogP contribution is 2.44. The van der Waals surface area contributed by atoms with E-state index in [9.17, 15) is 22.8 Å². The second-order valence-corrected chi connectivity index (χ2v) is 10.8. The zero-order chi connectivity index (χ0) is 25.4. The Labute approximate surface area is 204 Å². The molecule has 1 aliphatic rings. The second kappa shape index (κ2) is 11.8. The number of nitrogens with one attached hydrogen (secondary N) is 2. The van der Waals surface area contributed by atoms with E-state index >= 15 is 0 Å². The molecule has 0 heterocycles. The number of carbonyl (C=O) groups is 3. The minimum atomic E-state index is -3.33. The number of amides is 2. The molecule has 10 heteroatoms. The highest BCUT2D eigenvalue weighted by molar-refractivity contribution is 7.90. The topological polar surface area (TPSA) is 139 Å². The van der Waals surface area contributed by atoms with Gasteiger partial charge in [0.15, 0.2) is 0 Å². The lowest BCUT2D eigenvalue weighted by Gasteiger charge is -2.15. The first-order valence-electron chi connectivity index (χ1n) is 11.4. The van der Waals surface area contributed by atoms with Crippen molar-refractivity contribution in [2.45, 2.75) is 37.6 Å². The summed E-state index contributed by atoms with van der Waals surface area (Å²) in [5, 5.41) is 14.2. The molecule has 0 spiro atoms. The van der Waals surface area contributed by atoms with E-state index < -0.39 is 33.8 Å². The lowest BCUT2D eigenvalue weighted by atomic mass is 9.98. The molecule has 0 fully saturated rings. The van der Waals surface area contributed by atoms with E-state index in [1.165, 1.54) is 0 Å². The first kappa shape index (κ1) is 26.2. The van der Waals surface area contributed by atoms with E-state index in [0.717, 1.165) is 28.5 Å². The quantitative estimate of drug-likeness (QED) is 0.379. The smallest absolute Gasteiger partial charge is 0.407 e. The Bertz CT molecular complexity index is 1130. The highest BCUT2D eigenvalue weighted by Gasteiger charge is 2.29. The van der Waals surface area contributed by atoms with Gasteiger partial charge in [-0.25, -0.2) is 18.0 Å². The standard InChI is InChI=1S/C25H30N2O7S/c1-35(32,33)15-13-22(24(29)30)27-23(28)12-6-7-14-26-25(31)34-16-21-19-10-4-2-8-17(19)18-9-3-5-11-20(18)21/h2-5,8-11,21-22H,6-7,12-16H2,1H3,(H,26,31)(H,27,28)(H,29,30). The minimum absolute atomic E-state index is 0.0262. The molecule has 9 nitrogen and oxygen atoms in total. The summed E-state index contributed by atoms with van der Waals surface area (Å²) in [7, 11) is -3.33. The number of benzene rings is 2. The van der Waals surface area contributed by atoms with E-state index in [1.807, 2.05) is 36.4 Å². The Balaban J connectivity index is 1.36. The normalized spacial score (nSPS) is 13.4. The molecule has 2 amide bonds. The summed E-state index contributed by atoms with van der Waals surface area (Å²) in [5.41, 5.74) is 4.56. The summed E-state index contributed by atoms with van der Waals surface area (Å²) in [5.74, 6) is -2.11. The van der Waals surface area contributed by atoms with Gasteiger partial charge in [0.25, 0.3) is 0 Å². The summed E-state index contributed by atoms with van der Waals surface area (Å²) < 4.78 is 27.9. The van der Waals surface area contributed by atoms with Gasteiger partial charge in [0, 0.05) is 25.1 Å². The number of hydrogen-bond donors (Lipinski definition) is 3. The molecule has 2 aromatic carbocycles. The summed E-state index contributed by atoms with van der Waals surface area (Å²) in [4.78, 5) is 35.4. The van der Waals surface area contributed by atoms with Gasteiger partial charge in [-0.3, -0.25) is 4.79 Å². The third-order valence-corrected chi connectivity index (χ3v) is 6.83. The van der Waals surface area contributed by atoms with Gasteiger partial charge in [0.2, 0.25) is 5.91 Å². The maximum absolute atomic E-state index is 12.2. The number of sulfone groups is 1. The Morgan fingerprint density at radius 1 is 1.00 bits per heavy atom. The van der Waals surface area contributed by atoms with E-state index in [4.69, 9.17) is 9.84 Å². The van der Waals surface area contributed by atoms with Crippen LogP contribution < -0.4 is 10.6 Å². The first-order chi connectivity index (χ1) is 16.7. The van der Waals surface area contributed by atoms with Crippen molar-refractivity contribution < 1.29 is 32.6 Å². The molecule has 1 aliphatic carbocycles. The van der Waals surface area contributed by atoms with Crippen LogP contribution in [-0.2, 0) is 24.2 Å². The van der Waals surface area contributed by atoms with Crippen LogP contribution in [-0.4, -0.2) is 62.7 Å². The van der Waals surface area contributed by atoms with Gasteiger partial charge in [0.1, 0.15) is 22.5 Å². The van der Waals surface area contributed by atoms with Crippen molar-refractivity contribution in [3.63, 3.8) is 0 Å². The van der Waals surface area contributed by atoms with Crippen LogP contribution >= 0.6 is 0 Å². The molecule has 1 unspecified atom stereocenters. The van der Waals surface area contributed by atoms with Crippen LogP contribution in [0.15, 0.2) is 48.5 Å². The van der Waals surface area contributed by atoms with E-state index in [-0.39, 0.29) is 31.1 Å². The molecule has 0 saturated carbocycles. The molecule has 2 aromatic rings. The van der Waals surface area contributed by atoms with Crippen molar-refractivity contribution in [3.8, 4) is 11.1 Å². The second-order valence-electron chi connectivity index (χ2n) is 8.59. The van der Waals surface area contributed by atoms with E-state index in [2.05, 4.69) is 22.8 Å². The predicted molar refractivity (Wildman–Crippen MR) is 131 cm³/mol. The Morgan fingerprint density at radius 2 is 1.60 bits per heavy atom. The number of rotatable bonds is 12. The predicted octanol–water partition coefficient (Wildman–Crippen LogP) is 2.70. The SMILES string of the molecule is CS(=O)(=O)CCC(NC(=O)CCCCNC(=O)OCC1c2ccccc2-c2ccccc21)C(=O)O. The summed E-state index contributed by atoms with van der Waals surface area (Å²) in [6, 6.07) is 14.9. The van der Waals surface area contributed by atoms with Crippen LogP contribution in [0, 0.1) is 0 Å². The van der Waals surface area contributed by atoms with Crippen molar-refractivity contribution >= 4 is 27.8 Å². The van der Waals surface area contributed by atoms with E-state index in [1.54, 1.807) is 0 Å². The summed E-state index contributed by atoms with van der Waals surface area (Å²) >= 11 is 0. The lowest BCUT2D eigenvalue weighted by molar-refractivity contribution is -0.141. The molecule has 35 heavy (non-hydrogen) atoms. The number of unbranched alkanes of at least 4 members (excludes halogenated alkanes) is 1. The fourth-order valence-corrected chi connectivity index (χ4v) is 4.77. The summed E-state index contributed by atoms with van der Waals surface area (Å²) in [6.07, 6.45) is 1.27. The van der Waals surface area contributed by atoms with Crippen LogP contribution in [0.25, 0.3) is 11.1 Å². The highest BCUT2D eigenvalue weighted by atomic mass is 32.2. The average Bonchev–Trinajstić information content (AvgIpc) is 3.13. The van der Waals surface area contributed by atoms with Crippen molar-refractivity contribution in [3.05, 3.63) is 59.7 Å².